The lowest BCUT2D eigenvalue weighted by Crippen LogP contribution is -2.74. The van der Waals surface area contributed by atoms with Crippen molar-refractivity contribution in [3.63, 3.8) is 0 Å². The minimum Gasteiger partial charge on any atom is -0.469 e. The molecule has 5 aliphatic carbocycles. The zero-order chi connectivity index (χ0) is 27.6. The van der Waals surface area contributed by atoms with Gasteiger partial charge in [0.25, 0.3) is 0 Å². The number of carbonyl (C=O) groups excluding carboxylic acids is 2. The van der Waals surface area contributed by atoms with Gasteiger partial charge in [-0.15, -0.1) is 0 Å². The van der Waals surface area contributed by atoms with Gasteiger partial charge < -0.3 is 20.1 Å². The van der Waals surface area contributed by atoms with E-state index in [1.165, 1.54) is 7.11 Å². The van der Waals surface area contributed by atoms with Crippen molar-refractivity contribution in [2.45, 2.75) is 118 Å². The Balaban J connectivity index is 1.64. The number of aliphatic hydroxyl groups excluding tert-OH is 3. The molecular weight excluding hydrogens is 468 g/mol. The monoisotopic (exact) mass is 518 g/mol. The summed E-state index contributed by atoms with van der Waals surface area (Å²) in [6.45, 7) is 15.2. The summed E-state index contributed by atoms with van der Waals surface area (Å²) < 4.78 is 5.40. The molecule has 0 saturated heterocycles. The number of Topliss-reactive ketones (excluding diaryl/α,β-unsaturated/α-hetero) is 1. The minimum absolute atomic E-state index is 0.0260. The molecule has 0 bridgehead atoms. The Morgan fingerprint density at radius 2 is 1.49 bits per heavy atom. The maximum atomic E-state index is 14.5. The second-order valence-electron chi connectivity index (χ2n) is 15.9. The molecular formula is C31H50O6. The van der Waals surface area contributed by atoms with E-state index in [1.54, 1.807) is 0 Å². The molecule has 210 valence electrons. The summed E-state index contributed by atoms with van der Waals surface area (Å²) in [5, 5.41) is 33.9. The lowest BCUT2D eigenvalue weighted by Gasteiger charge is -2.73. The average molecular weight is 519 g/mol. The van der Waals surface area contributed by atoms with Crippen LogP contribution < -0.4 is 0 Å². The number of hydrogen-bond donors (Lipinski definition) is 3. The molecule has 0 aromatic rings. The van der Waals surface area contributed by atoms with Crippen LogP contribution in [0.4, 0.5) is 0 Å². The normalized spacial score (nSPS) is 54.2. The molecule has 6 nitrogen and oxygen atoms in total. The van der Waals surface area contributed by atoms with Gasteiger partial charge in [0.05, 0.1) is 24.7 Å². The molecule has 0 aromatic carbocycles. The zero-order valence-electron chi connectivity index (χ0n) is 24.3. The van der Waals surface area contributed by atoms with Crippen LogP contribution in [0.3, 0.4) is 0 Å². The highest BCUT2D eigenvalue weighted by Crippen LogP contribution is 2.76. The number of methoxy groups -OCH3 is 1. The van der Waals surface area contributed by atoms with Crippen molar-refractivity contribution < 1.29 is 29.6 Å². The Hall–Kier alpha value is -0.980. The van der Waals surface area contributed by atoms with Crippen molar-refractivity contribution in [1.82, 2.24) is 0 Å². The summed E-state index contributed by atoms with van der Waals surface area (Å²) in [6.07, 6.45) is 3.18. The predicted molar refractivity (Wildman–Crippen MR) is 140 cm³/mol. The van der Waals surface area contributed by atoms with Crippen LogP contribution in [-0.2, 0) is 14.3 Å². The zero-order valence-corrected chi connectivity index (χ0v) is 24.3. The largest absolute Gasteiger partial charge is 0.469 e. The van der Waals surface area contributed by atoms with E-state index in [-0.39, 0.29) is 45.8 Å². The number of ketones is 1. The molecule has 5 rings (SSSR count). The molecule has 0 spiro atoms. The van der Waals surface area contributed by atoms with Crippen LogP contribution in [0.2, 0.25) is 0 Å². The smallest absolute Gasteiger partial charge is 0.312 e. The molecule has 0 amide bonds. The SMILES string of the molecule is COC(=O)[C@]12CCC(C)(C)CC1C1C(O)C(=O)C3[C@@]4(C)C[C@H](O)[C@H](O)C(C)(C)C4CC[C@@]3(C)[C@]1(C)CC2. The van der Waals surface area contributed by atoms with Crippen LogP contribution in [0.15, 0.2) is 0 Å². The summed E-state index contributed by atoms with van der Waals surface area (Å²) in [4.78, 5) is 27.9. The highest BCUT2D eigenvalue weighted by atomic mass is 16.5. The van der Waals surface area contributed by atoms with Crippen molar-refractivity contribution in [1.29, 1.82) is 0 Å². The van der Waals surface area contributed by atoms with Gasteiger partial charge in [0.1, 0.15) is 6.10 Å². The fourth-order valence-corrected chi connectivity index (χ4v) is 11.5. The average Bonchev–Trinajstić information content (AvgIpc) is 2.80. The first kappa shape index (κ1) is 27.6. The summed E-state index contributed by atoms with van der Waals surface area (Å²) in [6, 6.07) is 0. The molecule has 3 N–H and O–H groups in total. The minimum atomic E-state index is -1.14. The lowest BCUT2D eigenvalue weighted by atomic mass is 9.30. The van der Waals surface area contributed by atoms with Gasteiger partial charge in [0.2, 0.25) is 0 Å². The van der Waals surface area contributed by atoms with E-state index in [0.29, 0.717) is 6.42 Å². The Kier molecular flexibility index (Phi) is 5.99. The third-order valence-electron chi connectivity index (χ3n) is 13.5. The third kappa shape index (κ3) is 3.27. The van der Waals surface area contributed by atoms with Gasteiger partial charge in [-0.25, -0.2) is 0 Å². The van der Waals surface area contributed by atoms with Crippen LogP contribution in [0.1, 0.15) is 99.8 Å². The predicted octanol–water partition coefficient (Wildman–Crippen LogP) is 4.52. The molecule has 0 heterocycles. The highest BCUT2D eigenvalue weighted by molar-refractivity contribution is 5.89. The van der Waals surface area contributed by atoms with E-state index in [0.717, 1.165) is 44.9 Å². The first-order chi connectivity index (χ1) is 16.9. The van der Waals surface area contributed by atoms with Crippen LogP contribution >= 0.6 is 0 Å². The van der Waals surface area contributed by atoms with Crippen LogP contribution in [0, 0.1) is 56.2 Å². The van der Waals surface area contributed by atoms with Crippen molar-refractivity contribution in [3.8, 4) is 0 Å². The third-order valence-corrected chi connectivity index (χ3v) is 13.5. The molecule has 0 aliphatic heterocycles. The van der Waals surface area contributed by atoms with Crippen LogP contribution in [0.5, 0.6) is 0 Å². The van der Waals surface area contributed by atoms with Crippen LogP contribution in [0.25, 0.3) is 0 Å². The quantitative estimate of drug-likeness (QED) is 0.441. The molecule has 5 unspecified atom stereocenters. The van der Waals surface area contributed by atoms with Crippen LogP contribution in [-0.4, -0.2) is 52.5 Å². The van der Waals surface area contributed by atoms with Gasteiger partial charge in [-0.1, -0.05) is 48.5 Å². The van der Waals surface area contributed by atoms with E-state index in [1.807, 2.05) is 13.8 Å². The fraction of sp³-hybridized carbons (Fsp3) is 0.935. The molecule has 0 aromatic heterocycles. The van der Waals surface area contributed by atoms with Crippen molar-refractivity contribution in [2.24, 2.45) is 56.2 Å². The number of carbonyl (C=O) groups is 2. The maximum absolute atomic E-state index is 14.5. The van der Waals surface area contributed by atoms with E-state index in [4.69, 9.17) is 4.74 Å². The fourth-order valence-electron chi connectivity index (χ4n) is 11.5. The maximum Gasteiger partial charge on any atom is 0.312 e. The highest BCUT2D eigenvalue weighted by Gasteiger charge is 2.75. The molecule has 11 atom stereocenters. The lowest BCUT2D eigenvalue weighted by molar-refractivity contribution is -0.272. The summed E-state index contributed by atoms with van der Waals surface area (Å²) >= 11 is 0. The number of ether oxygens (including phenoxy) is 1. The van der Waals surface area contributed by atoms with E-state index < -0.39 is 40.5 Å². The van der Waals surface area contributed by atoms with E-state index in [9.17, 15) is 24.9 Å². The first-order valence-corrected chi connectivity index (χ1v) is 14.6. The van der Waals surface area contributed by atoms with Crippen molar-refractivity contribution in [3.05, 3.63) is 0 Å². The van der Waals surface area contributed by atoms with E-state index in [2.05, 4.69) is 34.6 Å². The topological polar surface area (TPSA) is 104 Å². The van der Waals surface area contributed by atoms with Gasteiger partial charge in [-0.2, -0.15) is 0 Å². The standard InChI is InChI=1S/C31H50O6/c1-26(2)11-13-31(25(36)37-8)14-12-29(6)20(17(31)15-26)21(33)22(34)23-28(5)16-18(32)24(35)27(3,4)19(28)9-10-30(23,29)7/h17-21,23-24,32-33,35H,9-16H2,1-8H3/t17?,18-,19?,20?,21?,23?,24-,28-,29+,30+,31-/m0/s1. The van der Waals surface area contributed by atoms with Crippen molar-refractivity contribution >= 4 is 11.8 Å². The number of fused-ring (bicyclic) bond motifs is 7. The molecule has 0 radical (unpaired) electrons. The van der Waals surface area contributed by atoms with E-state index >= 15 is 0 Å². The number of aliphatic hydroxyl groups is 3. The molecule has 6 heteroatoms. The number of hydrogen-bond acceptors (Lipinski definition) is 6. The van der Waals surface area contributed by atoms with Gasteiger partial charge >= 0.3 is 5.97 Å². The Morgan fingerprint density at radius 3 is 2.11 bits per heavy atom. The molecule has 5 fully saturated rings. The summed E-state index contributed by atoms with van der Waals surface area (Å²) in [5.74, 6) is -1.04. The Morgan fingerprint density at radius 1 is 0.865 bits per heavy atom. The summed E-state index contributed by atoms with van der Waals surface area (Å²) in [5.41, 5.74) is -2.38. The van der Waals surface area contributed by atoms with Gasteiger partial charge in [-0.3, -0.25) is 9.59 Å². The molecule has 5 aliphatic rings. The second kappa shape index (κ2) is 8.04. The van der Waals surface area contributed by atoms with Gasteiger partial charge in [0, 0.05) is 11.8 Å². The van der Waals surface area contributed by atoms with Gasteiger partial charge in [-0.05, 0) is 90.3 Å². The Labute approximate surface area is 222 Å². The first-order valence-electron chi connectivity index (χ1n) is 14.6. The van der Waals surface area contributed by atoms with Gasteiger partial charge in [0.15, 0.2) is 5.78 Å². The Bertz CT molecular complexity index is 988. The number of rotatable bonds is 1. The number of esters is 1. The molecule has 37 heavy (non-hydrogen) atoms. The second-order valence-corrected chi connectivity index (χ2v) is 15.9. The van der Waals surface area contributed by atoms with Crippen molar-refractivity contribution in [2.75, 3.05) is 7.11 Å². The summed E-state index contributed by atoms with van der Waals surface area (Å²) in [7, 11) is 1.47. The molecule has 5 saturated carbocycles.